The summed E-state index contributed by atoms with van der Waals surface area (Å²) in [5, 5.41) is 0.433. The van der Waals surface area contributed by atoms with E-state index in [9.17, 15) is 9.59 Å². The van der Waals surface area contributed by atoms with Crippen LogP contribution in [0, 0.1) is 0 Å². The third kappa shape index (κ3) is 3.55. The molecule has 0 N–H and O–H groups in total. The summed E-state index contributed by atoms with van der Waals surface area (Å²) in [6, 6.07) is 6.64. The highest BCUT2D eigenvalue weighted by Gasteiger charge is 2.38. The summed E-state index contributed by atoms with van der Waals surface area (Å²) in [7, 11) is 0. The zero-order chi connectivity index (χ0) is 17.1. The van der Waals surface area contributed by atoms with Gasteiger partial charge in [0.25, 0.3) is 5.91 Å². The van der Waals surface area contributed by atoms with Crippen molar-refractivity contribution in [1.82, 2.24) is 14.7 Å². The van der Waals surface area contributed by atoms with Gasteiger partial charge in [0.15, 0.2) is 0 Å². The van der Waals surface area contributed by atoms with Crippen LogP contribution in [-0.2, 0) is 4.79 Å². The van der Waals surface area contributed by atoms with Crippen LogP contribution in [-0.4, -0.2) is 76.9 Å². The number of rotatable bonds is 3. The standard InChI is InChI=1S/C17H22ClN3O2S/c1-2-19-7-9-20(10-8-19)17(23)15-11-24-12-21(15)16(22)13-5-3-4-6-14(13)18/h3-6,15H,2,7-12H2,1H3. The topological polar surface area (TPSA) is 43.9 Å². The maximum Gasteiger partial charge on any atom is 0.256 e. The van der Waals surface area contributed by atoms with Crippen molar-refractivity contribution in [1.29, 1.82) is 0 Å². The van der Waals surface area contributed by atoms with E-state index in [4.69, 9.17) is 11.6 Å². The summed E-state index contributed by atoms with van der Waals surface area (Å²) < 4.78 is 0. The average Bonchev–Trinajstić information content (AvgIpc) is 3.10. The van der Waals surface area contributed by atoms with Gasteiger partial charge in [0.05, 0.1) is 16.5 Å². The fraction of sp³-hybridized carbons (Fsp3) is 0.529. The summed E-state index contributed by atoms with van der Waals surface area (Å²) in [6.45, 7) is 6.43. The molecule has 0 bridgehead atoms. The molecule has 2 aliphatic heterocycles. The van der Waals surface area contributed by atoms with Crippen molar-refractivity contribution in [2.75, 3.05) is 44.4 Å². The van der Waals surface area contributed by atoms with E-state index in [0.717, 1.165) is 32.7 Å². The van der Waals surface area contributed by atoms with Gasteiger partial charge in [-0.15, -0.1) is 11.8 Å². The Hall–Kier alpha value is -1.24. The Morgan fingerprint density at radius 1 is 1.21 bits per heavy atom. The predicted octanol–water partition coefficient (Wildman–Crippen LogP) is 2.02. The molecule has 2 saturated heterocycles. The van der Waals surface area contributed by atoms with Crippen molar-refractivity contribution >= 4 is 35.2 Å². The SMILES string of the molecule is CCN1CCN(C(=O)C2CSCN2C(=O)c2ccccc2Cl)CC1. The van der Waals surface area contributed by atoms with E-state index in [-0.39, 0.29) is 17.9 Å². The van der Waals surface area contributed by atoms with Gasteiger partial charge in [-0.2, -0.15) is 0 Å². The van der Waals surface area contributed by atoms with Crippen LogP contribution in [0.2, 0.25) is 5.02 Å². The first-order valence-electron chi connectivity index (χ1n) is 8.26. The summed E-state index contributed by atoms with van der Waals surface area (Å²) in [5.74, 6) is 1.10. The van der Waals surface area contributed by atoms with E-state index >= 15 is 0 Å². The van der Waals surface area contributed by atoms with Gasteiger partial charge in [-0.1, -0.05) is 30.7 Å². The van der Waals surface area contributed by atoms with Crippen LogP contribution < -0.4 is 0 Å². The highest BCUT2D eigenvalue weighted by atomic mass is 35.5. The lowest BCUT2D eigenvalue weighted by molar-refractivity contribution is -0.136. The second-order valence-corrected chi connectivity index (χ2v) is 7.44. The van der Waals surface area contributed by atoms with Gasteiger partial charge in [0, 0.05) is 31.9 Å². The zero-order valence-electron chi connectivity index (χ0n) is 13.8. The smallest absolute Gasteiger partial charge is 0.256 e. The molecule has 1 aromatic rings. The van der Waals surface area contributed by atoms with Crippen molar-refractivity contribution in [3.8, 4) is 0 Å². The normalized spacial score (nSPS) is 22.0. The minimum absolute atomic E-state index is 0.0659. The van der Waals surface area contributed by atoms with Crippen LogP contribution in [0.1, 0.15) is 17.3 Å². The number of likely N-dealkylation sites (N-methyl/N-ethyl adjacent to an activating group) is 1. The highest BCUT2D eigenvalue weighted by molar-refractivity contribution is 7.99. The molecule has 3 rings (SSSR count). The van der Waals surface area contributed by atoms with E-state index in [1.54, 1.807) is 40.9 Å². The van der Waals surface area contributed by atoms with Gasteiger partial charge in [-0.3, -0.25) is 9.59 Å². The molecule has 2 fully saturated rings. The quantitative estimate of drug-likeness (QED) is 0.819. The zero-order valence-corrected chi connectivity index (χ0v) is 15.4. The number of benzene rings is 1. The Balaban J connectivity index is 1.70. The molecule has 0 saturated carbocycles. The third-order valence-electron chi connectivity index (χ3n) is 4.66. The number of thioether (sulfide) groups is 1. The number of piperazine rings is 1. The van der Waals surface area contributed by atoms with E-state index in [2.05, 4.69) is 11.8 Å². The molecule has 0 aromatic heterocycles. The van der Waals surface area contributed by atoms with Crippen molar-refractivity contribution < 1.29 is 9.59 Å². The fourth-order valence-corrected chi connectivity index (χ4v) is 4.49. The monoisotopic (exact) mass is 367 g/mol. The summed E-state index contributed by atoms with van der Waals surface area (Å²) in [6.07, 6.45) is 0. The molecule has 2 amide bonds. The van der Waals surface area contributed by atoms with Gasteiger partial charge < -0.3 is 14.7 Å². The Labute approximate surface area is 151 Å². The van der Waals surface area contributed by atoms with Gasteiger partial charge in [0.2, 0.25) is 5.91 Å². The molecule has 2 aliphatic rings. The molecular weight excluding hydrogens is 346 g/mol. The van der Waals surface area contributed by atoms with E-state index in [1.165, 1.54) is 0 Å². The number of hydrogen-bond donors (Lipinski definition) is 0. The molecular formula is C17H22ClN3O2S. The molecule has 7 heteroatoms. The average molecular weight is 368 g/mol. The highest BCUT2D eigenvalue weighted by Crippen LogP contribution is 2.27. The molecule has 1 atom stereocenters. The van der Waals surface area contributed by atoms with Gasteiger partial charge in [-0.25, -0.2) is 0 Å². The number of carbonyl (C=O) groups excluding carboxylic acids is 2. The largest absolute Gasteiger partial charge is 0.338 e. The van der Waals surface area contributed by atoms with Crippen LogP contribution >= 0.6 is 23.4 Å². The number of halogens is 1. The maximum absolute atomic E-state index is 12.9. The molecule has 0 aliphatic carbocycles. The Morgan fingerprint density at radius 2 is 1.92 bits per heavy atom. The molecule has 1 unspecified atom stereocenters. The molecule has 5 nitrogen and oxygen atoms in total. The van der Waals surface area contributed by atoms with Crippen LogP contribution in [0.5, 0.6) is 0 Å². The summed E-state index contributed by atoms with van der Waals surface area (Å²) in [5.41, 5.74) is 0.468. The first kappa shape index (κ1) is 17.6. The van der Waals surface area contributed by atoms with E-state index < -0.39 is 0 Å². The number of hydrogen-bond acceptors (Lipinski definition) is 4. The van der Waals surface area contributed by atoms with Crippen LogP contribution in [0.3, 0.4) is 0 Å². The first-order valence-corrected chi connectivity index (χ1v) is 9.79. The van der Waals surface area contributed by atoms with Crippen molar-refractivity contribution in [2.24, 2.45) is 0 Å². The molecule has 0 spiro atoms. The Kier molecular flexibility index (Phi) is 5.69. The lowest BCUT2D eigenvalue weighted by Gasteiger charge is -2.36. The van der Waals surface area contributed by atoms with Crippen molar-refractivity contribution in [3.63, 3.8) is 0 Å². The van der Waals surface area contributed by atoms with Gasteiger partial charge in [0.1, 0.15) is 6.04 Å². The van der Waals surface area contributed by atoms with Crippen molar-refractivity contribution in [3.05, 3.63) is 34.9 Å². The minimum atomic E-state index is -0.382. The lowest BCUT2D eigenvalue weighted by atomic mass is 10.1. The van der Waals surface area contributed by atoms with Gasteiger partial charge >= 0.3 is 0 Å². The van der Waals surface area contributed by atoms with E-state index in [1.807, 2.05) is 4.90 Å². The summed E-state index contributed by atoms with van der Waals surface area (Å²) >= 11 is 7.77. The minimum Gasteiger partial charge on any atom is -0.338 e. The lowest BCUT2D eigenvalue weighted by Crippen LogP contribution is -2.55. The third-order valence-corrected chi connectivity index (χ3v) is 6.01. The number of amides is 2. The fourth-order valence-electron chi connectivity index (χ4n) is 3.13. The number of nitrogens with zero attached hydrogens (tertiary/aromatic N) is 3. The molecule has 24 heavy (non-hydrogen) atoms. The van der Waals surface area contributed by atoms with Gasteiger partial charge in [-0.05, 0) is 18.7 Å². The maximum atomic E-state index is 12.9. The second kappa shape index (κ2) is 7.76. The first-order chi connectivity index (χ1) is 11.6. The van der Waals surface area contributed by atoms with Crippen LogP contribution in [0.15, 0.2) is 24.3 Å². The predicted molar refractivity (Wildman–Crippen MR) is 97.4 cm³/mol. The van der Waals surface area contributed by atoms with E-state index in [0.29, 0.717) is 22.2 Å². The summed E-state index contributed by atoms with van der Waals surface area (Å²) in [4.78, 5) is 31.6. The second-order valence-electron chi connectivity index (χ2n) is 6.03. The number of carbonyl (C=O) groups is 2. The Morgan fingerprint density at radius 3 is 2.58 bits per heavy atom. The molecule has 0 radical (unpaired) electrons. The van der Waals surface area contributed by atoms with Crippen molar-refractivity contribution in [2.45, 2.75) is 13.0 Å². The van der Waals surface area contributed by atoms with Crippen LogP contribution in [0.4, 0.5) is 0 Å². The molecule has 130 valence electrons. The molecule has 1 aromatic carbocycles. The Bertz CT molecular complexity index is 620. The van der Waals surface area contributed by atoms with Crippen LogP contribution in [0.25, 0.3) is 0 Å². The molecule has 2 heterocycles.